The minimum atomic E-state index is -3.90. The average Bonchev–Trinajstić information content (AvgIpc) is 2.74. The van der Waals surface area contributed by atoms with Gasteiger partial charge in [0, 0.05) is 11.1 Å². The Balaban J connectivity index is 2.31. The second-order valence-electron chi connectivity index (χ2n) is 6.87. The fourth-order valence-electron chi connectivity index (χ4n) is 2.59. The van der Waals surface area contributed by atoms with Gasteiger partial charge in [-0.25, -0.2) is 0 Å². The molecular formula is C20H24N2O8S2. The van der Waals surface area contributed by atoms with Crippen molar-refractivity contribution < 1.29 is 34.8 Å². The number of benzene rings is 2. The molecule has 0 aliphatic heterocycles. The standard InChI is InChI=1S/C20H24N2O8S2/c1-31(25,26)29-13-17(21-19(23)15-9-5-3-6-10-15)18(14-30-32(2,27)28)22-20(24)16-11-7-4-8-12-16/h3-12,17-18H,13-14H2,1-2H3,(H,21,23)(H,22,24). The van der Waals surface area contributed by atoms with Crippen molar-refractivity contribution in [2.24, 2.45) is 0 Å². The first-order valence-corrected chi connectivity index (χ1v) is 13.0. The predicted molar refractivity (Wildman–Crippen MR) is 117 cm³/mol. The molecule has 174 valence electrons. The molecule has 0 spiro atoms. The van der Waals surface area contributed by atoms with Crippen molar-refractivity contribution in [2.75, 3.05) is 25.7 Å². The molecule has 0 aliphatic rings. The van der Waals surface area contributed by atoms with Crippen LogP contribution in [0.1, 0.15) is 20.7 Å². The van der Waals surface area contributed by atoms with Gasteiger partial charge in [0.15, 0.2) is 0 Å². The van der Waals surface area contributed by atoms with Crippen LogP contribution in [-0.4, -0.2) is 66.5 Å². The molecule has 0 radical (unpaired) electrons. The molecular weight excluding hydrogens is 460 g/mol. The summed E-state index contributed by atoms with van der Waals surface area (Å²) < 4.78 is 55.8. The molecule has 2 amide bonds. The van der Waals surface area contributed by atoms with E-state index >= 15 is 0 Å². The maximum atomic E-state index is 12.7. The van der Waals surface area contributed by atoms with Gasteiger partial charge in [0.1, 0.15) is 0 Å². The lowest BCUT2D eigenvalue weighted by Crippen LogP contribution is -2.56. The largest absolute Gasteiger partial charge is 0.345 e. The molecule has 0 fully saturated rings. The smallest absolute Gasteiger partial charge is 0.264 e. The van der Waals surface area contributed by atoms with Gasteiger partial charge >= 0.3 is 0 Å². The fourth-order valence-corrected chi connectivity index (χ4v) is 3.38. The minimum absolute atomic E-state index is 0.272. The number of carbonyl (C=O) groups is 2. The van der Waals surface area contributed by atoms with E-state index in [2.05, 4.69) is 10.6 Å². The molecule has 2 atom stereocenters. The Bertz CT molecular complexity index is 1030. The molecule has 0 saturated heterocycles. The van der Waals surface area contributed by atoms with Crippen molar-refractivity contribution in [3.05, 3.63) is 71.8 Å². The van der Waals surface area contributed by atoms with Crippen molar-refractivity contribution in [2.45, 2.75) is 12.1 Å². The molecule has 2 rings (SSSR count). The topological polar surface area (TPSA) is 145 Å². The number of nitrogens with one attached hydrogen (secondary N) is 2. The Labute approximate surface area is 187 Å². The van der Waals surface area contributed by atoms with Crippen LogP contribution in [0.5, 0.6) is 0 Å². The molecule has 0 bridgehead atoms. The third-order valence-corrected chi connectivity index (χ3v) is 5.24. The van der Waals surface area contributed by atoms with E-state index in [9.17, 15) is 26.4 Å². The lowest BCUT2D eigenvalue weighted by Gasteiger charge is -2.28. The van der Waals surface area contributed by atoms with Crippen LogP contribution >= 0.6 is 0 Å². The van der Waals surface area contributed by atoms with E-state index in [1.807, 2.05) is 0 Å². The summed E-state index contributed by atoms with van der Waals surface area (Å²) in [6.45, 7) is -1.13. The number of carbonyl (C=O) groups excluding carboxylic acids is 2. The molecule has 2 N–H and O–H groups in total. The van der Waals surface area contributed by atoms with E-state index in [0.29, 0.717) is 0 Å². The van der Waals surface area contributed by atoms with Crippen molar-refractivity contribution in [1.82, 2.24) is 10.6 Å². The number of amides is 2. The van der Waals surface area contributed by atoms with Crippen LogP contribution in [0, 0.1) is 0 Å². The zero-order chi connectivity index (χ0) is 23.8. The van der Waals surface area contributed by atoms with Crippen molar-refractivity contribution in [3.63, 3.8) is 0 Å². The van der Waals surface area contributed by atoms with Gasteiger partial charge in [0.05, 0.1) is 37.8 Å². The van der Waals surface area contributed by atoms with Crippen molar-refractivity contribution in [3.8, 4) is 0 Å². The molecule has 0 aromatic heterocycles. The molecule has 12 heteroatoms. The quantitative estimate of drug-likeness (QED) is 0.440. The Morgan fingerprint density at radius 1 is 0.688 bits per heavy atom. The zero-order valence-electron chi connectivity index (χ0n) is 17.4. The van der Waals surface area contributed by atoms with Gasteiger partial charge in [0.2, 0.25) is 0 Å². The fraction of sp³-hybridized carbons (Fsp3) is 0.300. The minimum Gasteiger partial charge on any atom is -0.345 e. The molecule has 0 heterocycles. The molecule has 0 aliphatic carbocycles. The van der Waals surface area contributed by atoms with Crippen molar-refractivity contribution >= 4 is 32.1 Å². The van der Waals surface area contributed by atoms with Crippen LogP contribution in [0.4, 0.5) is 0 Å². The van der Waals surface area contributed by atoms with Gasteiger partial charge in [-0.2, -0.15) is 16.8 Å². The van der Waals surface area contributed by atoms with E-state index < -0.39 is 57.3 Å². The van der Waals surface area contributed by atoms with E-state index in [0.717, 1.165) is 12.5 Å². The van der Waals surface area contributed by atoms with Crippen molar-refractivity contribution in [1.29, 1.82) is 0 Å². The molecule has 0 saturated carbocycles. The molecule has 10 nitrogen and oxygen atoms in total. The molecule has 2 unspecified atom stereocenters. The summed E-state index contributed by atoms with van der Waals surface area (Å²) in [7, 11) is -7.80. The summed E-state index contributed by atoms with van der Waals surface area (Å²) in [5.74, 6) is -1.16. The van der Waals surface area contributed by atoms with E-state index in [-0.39, 0.29) is 11.1 Å². The second-order valence-corrected chi connectivity index (χ2v) is 10.2. The zero-order valence-corrected chi connectivity index (χ0v) is 19.1. The monoisotopic (exact) mass is 484 g/mol. The van der Waals surface area contributed by atoms with Crippen LogP contribution in [0.25, 0.3) is 0 Å². The Hall–Kier alpha value is -2.80. The summed E-state index contributed by atoms with van der Waals surface area (Å²) in [6, 6.07) is 13.8. The highest BCUT2D eigenvalue weighted by atomic mass is 32.2. The maximum absolute atomic E-state index is 12.7. The van der Waals surface area contributed by atoms with Gasteiger partial charge in [0.25, 0.3) is 32.1 Å². The van der Waals surface area contributed by atoms with Gasteiger partial charge in [-0.3, -0.25) is 18.0 Å². The summed E-state index contributed by atoms with van der Waals surface area (Å²) in [5.41, 5.74) is 0.544. The first kappa shape index (κ1) is 25.5. The van der Waals surface area contributed by atoms with E-state index in [1.165, 1.54) is 24.3 Å². The molecule has 32 heavy (non-hydrogen) atoms. The number of hydrogen-bond acceptors (Lipinski definition) is 8. The number of rotatable bonds is 11. The number of hydrogen-bond donors (Lipinski definition) is 2. The van der Waals surface area contributed by atoms with Gasteiger partial charge < -0.3 is 10.6 Å². The summed E-state index contributed by atoms with van der Waals surface area (Å²) in [5, 5.41) is 5.16. The first-order valence-electron chi connectivity index (χ1n) is 9.35. The van der Waals surface area contributed by atoms with Gasteiger partial charge in [-0.05, 0) is 24.3 Å². The summed E-state index contributed by atoms with van der Waals surface area (Å²) in [4.78, 5) is 25.3. The van der Waals surface area contributed by atoms with Crippen LogP contribution in [-0.2, 0) is 28.6 Å². The van der Waals surface area contributed by atoms with E-state index in [4.69, 9.17) is 8.37 Å². The van der Waals surface area contributed by atoms with Crippen LogP contribution in [0.3, 0.4) is 0 Å². The lowest BCUT2D eigenvalue weighted by atomic mass is 10.1. The van der Waals surface area contributed by atoms with Crippen LogP contribution in [0.2, 0.25) is 0 Å². The summed E-state index contributed by atoms with van der Waals surface area (Å²) in [6.07, 6.45) is 1.65. The SMILES string of the molecule is CS(=O)(=O)OCC(NC(=O)c1ccccc1)C(COS(C)(=O)=O)NC(=O)c1ccccc1. The normalized spacial score (nSPS) is 13.7. The Morgan fingerprint density at radius 3 is 1.28 bits per heavy atom. The highest BCUT2D eigenvalue weighted by Crippen LogP contribution is 2.07. The maximum Gasteiger partial charge on any atom is 0.264 e. The molecule has 2 aromatic rings. The highest BCUT2D eigenvalue weighted by molar-refractivity contribution is 7.86. The second kappa shape index (κ2) is 11.2. The third-order valence-electron chi connectivity index (χ3n) is 4.11. The van der Waals surface area contributed by atoms with Gasteiger partial charge in [-0.1, -0.05) is 36.4 Å². The third kappa shape index (κ3) is 9.14. The van der Waals surface area contributed by atoms with Gasteiger partial charge in [-0.15, -0.1) is 0 Å². The van der Waals surface area contributed by atoms with Crippen LogP contribution < -0.4 is 10.6 Å². The van der Waals surface area contributed by atoms with E-state index in [1.54, 1.807) is 36.4 Å². The lowest BCUT2D eigenvalue weighted by molar-refractivity contribution is 0.0834. The highest BCUT2D eigenvalue weighted by Gasteiger charge is 2.29. The summed E-state index contributed by atoms with van der Waals surface area (Å²) >= 11 is 0. The predicted octanol–water partition coefficient (Wildman–Crippen LogP) is 0.536. The first-order chi connectivity index (χ1) is 14.9. The van der Waals surface area contributed by atoms with Crippen LogP contribution in [0.15, 0.2) is 60.7 Å². The average molecular weight is 485 g/mol. The Morgan fingerprint density at radius 2 is 1.00 bits per heavy atom. The Kier molecular flexibility index (Phi) is 8.89. The molecule has 2 aromatic carbocycles.